The van der Waals surface area contributed by atoms with Crippen molar-refractivity contribution in [2.75, 3.05) is 19.1 Å². The van der Waals surface area contributed by atoms with Gasteiger partial charge in [-0.25, -0.2) is 4.79 Å². The number of rotatable bonds is 6. The highest BCUT2D eigenvalue weighted by atomic mass is 16.5. The molecule has 168 valence electrons. The highest BCUT2D eigenvalue weighted by Crippen LogP contribution is 2.38. The maximum absolute atomic E-state index is 12.1. The SMILES string of the molecule is COC(=O)c1ccncc1CC[C@@H]1CCCc2cc(N(C)c3ccc4occc4c3)ccc21. The first kappa shape index (κ1) is 21.3. The van der Waals surface area contributed by atoms with E-state index in [9.17, 15) is 4.79 Å². The van der Waals surface area contributed by atoms with Crippen molar-refractivity contribution in [2.24, 2.45) is 0 Å². The lowest BCUT2D eigenvalue weighted by atomic mass is 9.79. The van der Waals surface area contributed by atoms with E-state index in [1.807, 2.05) is 12.1 Å². The fourth-order valence-electron chi connectivity index (χ4n) is 4.99. The van der Waals surface area contributed by atoms with Gasteiger partial charge in [0.25, 0.3) is 0 Å². The number of pyridine rings is 1. The minimum absolute atomic E-state index is 0.294. The Morgan fingerprint density at radius 2 is 2.00 bits per heavy atom. The fraction of sp³-hybridized carbons (Fsp3) is 0.286. The summed E-state index contributed by atoms with van der Waals surface area (Å²) < 4.78 is 10.4. The van der Waals surface area contributed by atoms with Crippen LogP contribution in [0.1, 0.15) is 52.2 Å². The second kappa shape index (κ2) is 9.10. The average molecular weight is 441 g/mol. The lowest BCUT2D eigenvalue weighted by Crippen LogP contribution is -2.14. The molecule has 0 N–H and O–H groups in total. The molecule has 0 bridgehead atoms. The smallest absolute Gasteiger partial charge is 0.338 e. The van der Waals surface area contributed by atoms with Crippen LogP contribution in [0.3, 0.4) is 0 Å². The highest BCUT2D eigenvalue weighted by molar-refractivity contribution is 5.90. The zero-order chi connectivity index (χ0) is 22.8. The summed E-state index contributed by atoms with van der Waals surface area (Å²) in [5.41, 5.74) is 7.69. The lowest BCUT2D eigenvalue weighted by molar-refractivity contribution is 0.0599. The number of furan rings is 1. The maximum atomic E-state index is 12.1. The molecule has 2 aromatic heterocycles. The van der Waals surface area contributed by atoms with Gasteiger partial charge in [-0.2, -0.15) is 0 Å². The van der Waals surface area contributed by atoms with Crippen molar-refractivity contribution in [1.82, 2.24) is 4.98 Å². The monoisotopic (exact) mass is 440 g/mol. The Bertz CT molecular complexity index is 1290. The van der Waals surface area contributed by atoms with Crippen LogP contribution in [0.2, 0.25) is 0 Å². The summed E-state index contributed by atoms with van der Waals surface area (Å²) >= 11 is 0. The van der Waals surface area contributed by atoms with Crippen LogP contribution in [0.4, 0.5) is 11.4 Å². The van der Waals surface area contributed by atoms with E-state index in [1.165, 1.54) is 36.8 Å². The number of ether oxygens (including phenoxy) is 1. The minimum Gasteiger partial charge on any atom is -0.465 e. The molecule has 0 unspecified atom stereocenters. The Hall–Kier alpha value is -3.60. The molecule has 0 aliphatic heterocycles. The Morgan fingerprint density at radius 1 is 1.15 bits per heavy atom. The summed E-state index contributed by atoms with van der Waals surface area (Å²) in [4.78, 5) is 18.6. The van der Waals surface area contributed by atoms with Gasteiger partial charge in [0.05, 0.1) is 18.9 Å². The molecule has 0 radical (unpaired) electrons. The molecule has 0 saturated heterocycles. The molecule has 4 aromatic rings. The normalized spacial score (nSPS) is 15.3. The van der Waals surface area contributed by atoms with E-state index < -0.39 is 0 Å². The van der Waals surface area contributed by atoms with Crippen molar-refractivity contribution in [3.63, 3.8) is 0 Å². The molecule has 5 rings (SSSR count). The van der Waals surface area contributed by atoms with Crippen LogP contribution in [-0.2, 0) is 17.6 Å². The number of hydrogen-bond acceptors (Lipinski definition) is 5. The summed E-state index contributed by atoms with van der Waals surface area (Å²) in [6, 6.07) is 16.9. The molecular formula is C28H28N2O3. The summed E-state index contributed by atoms with van der Waals surface area (Å²) in [5.74, 6) is 0.193. The summed E-state index contributed by atoms with van der Waals surface area (Å²) in [6.45, 7) is 0. The van der Waals surface area contributed by atoms with Gasteiger partial charge in [-0.1, -0.05) is 6.07 Å². The number of benzene rings is 2. The number of hydrogen-bond donors (Lipinski definition) is 0. The largest absolute Gasteiger partial charge is 0.465 e. The molecule has 5 nitrogen and oxygen atoms in total. The Kier molecular flexibility index (Phi) is 5.86. The number of aryl methyl sites for hydroxylation is 2. The molecule has 0 spiro atoms. The van der Waals surface area contributed by atoms with Gasteiger partial charge < -0.3 is 14.1 Å². The van der Waals surface area contributed by atoms with Crippen molar-refractivity contribution >= 4 is 28.3 Å². The summed E-state index contributed by atoms with van der Waals surface area (Å²) in [5, 5.41) is 1.11. The van der Waals surface area contributed by atoms with Crippen molar-refractivity contribution in [2.45, 2.75) is 38.0 Å². The standard InChI is InChI=1S/C28H28N2O3/c1-30(24-9-11-27-21(17-24)13-15-33-27)23-8-10-25-19(4-3-5-20(25)16-23)6-7-22-18-29-14-12-26(22)28(31)32-2/h8-19H,3-7H2,1-2H3/t19-/m0/s1. The summed E-state index contributed by atoms with van der Waals surface area (Å²) in [7, 11) is 3.53. The molecular weight excluding hydrogens is 412 g/mol. The molecule has 0 fully saturated rings. The van der Waals surface area contributed by atoms with E-state index in [4.69, 9.17) is 9.15 Å². The van der Waals surface area contributed by atoms with Crippen LogP contribution in [0, 0.1) is 0 Å². The number of carbonyl (C=O) groups excluding carboxylic acids is 1. The maximum Gasteiger partial charge on any atom is 0.338 e. The number of esters is 1. The van der Waals surface area contributed by atoms with Gasteiger partial charge in [-0.05, 0) is 97.2 Å². The molecule has 0 amide bonds. The minimum atomic E-state index is -0.294. The number of aromatic nitrogens is 1. The van der Waals surface area contributed by atoms with Gasteiger partial charge in [0.15, 0.2) is 0 Å². The zero-order valence-corrected chi connectivity index (χ0v) is 19.1. The van der Waals surface area contributed by atoms with Gasteiger partial charge in [0, 0.05) is 36.2 Å². The molecule has 1 atom stereocenters. The van der Waals surface area contributed by atoms with Gasteiger partial charge in [-0.15, -0.1) is 0 Å². The second-order valence-corrected chi connectivity index (χ2v) is 8.74. The molecule has 0 saturated carbocycles. The predicted molar refractivity (Wildman–Crippen MR) is 130 cm³/mol. The number of nitrogens with zero attached hydrogens (tertiary/aromatic N) is 2. The number of anilines is 2. The van der Waals surface area contributed by atoms with E-state index in [0.717, 1.165) is 41.5 Å². The third-order valence-electron chi connectivity index (χ3n) is 6.85. The van der Waals surface area contributed by atoms with E-state index in [0.29, 0.717) is 11.5 Å². The zero-order valence-electron chi connectivity index (χ0n) is 19.1. The fourth-order valence-corrected chi connectivity index (χ4v) is 4.99. The molecule has 2 aromatic carbocycles. The van der Waals surface area contributed by atoms with E-state index in [-0.39, 0.29) is 5.97 Å². The first-order valence-electron chi connectivity index (χ1n) is 11.5. The van der Waals surface area contributed by atoms with E-state index >= 15 is 0 Å². The first-order chi connectivity index (χ1) is 16.1. The van der Waals surface area contributed by atoms with Crippen molar-refractivity contribution < 1.29 is 13.9 Å². The lowest BCUT2D eigenvalue weighted by Gasteiger charge is -2.28. The molecule has 5 heteroatoms. The summed E-state index contributed by atoms with van der Waals surface area (Å²) in [6.07, 6.45) is 10.4. The van der Waals surface area contributed by atoms with Gasteiger partial charge >= 0.3 is 5.97 Å². The number of carbonyl (C=O) groups is 1. The first-order valence-corrected chi connectivity index (χ1v) is 11.5. The van der Waals surface area contributed by atoms with Crippen LogP contribution in [0.15, 0.2) is 71.6 Å². The van der Waals surface area contributed by atoms with E-state index in [2.05, 4.69) is 47.3 Å². The topological polar surface area (TPSA) is 55.6 Å². The van der Waals surface area contributed by atoms with Crippen molar-refractivity contribution in [1.29, 1.82) is 0 Å². The molecule has 33 heavy (non-hydrogen) atoms. The molecule has 1 aliphatic rings. The molecule has 2 heterocycles. The van der Waals surface area contributed by atoms with Crippen LogP contribution < -0.4 is 4.90 Å². The quantitative estimate of drug-likeness (QED) is 0.323. The third kappa shape index (κ3) is 4.23. The van der Waals surface area contributed by atoms with Crippen LogP contribution in [0.5, 0.6) is 0 Å². The number of methoxy groups -OCH3 is 1. The Labute approximate surface area is 194 Å². The Balaban J connectivity index is 1.35. The van der Waals surface area contributed by atoms with Gasteiger partial charge in [0.2, 0.25) is 0 Å². The van der Waals surface area contributed by atoms with Gasteiger partial charge in [-0.3, -0.25) is 4.98 Å². The van der Waals surface area contributed by atoms with E-state index in [1.54, 1.807) is 24.7 Å². The average Bonchev–Trinajstić information content (AvgIpc) is 3.34. The van der Waals surface area contributed by atoms with Crippen molar-refractivity contribution in [3.8, 4) is 0 Å². The second-order valence-electron chi connectivity index (χ2n) is 8.74. The Morgan fingerprint density at radius 3 is 2.88 bits per heavy atom. The van der Waals surface area contributed by atoms with Crippen LogP contribution in [-0.4, -0.2) is 25.1 Å². The molecule has 1 aliphatic carbocycles. The highest BCUT2D eigenvalue weighted by Gasteiger charge is 2.22. The third-order valence-corrected chi connectivity index (χ3v) is 6.85. The predicted octanol–water partition coefficient (Wildman–Crippen LogP) is 6.44. The van der Waals surface area contributed by atoms with Gasteiger partial charge in [0.1, 0.15) is 5.58 Å². The van der Waals surface area contributed by atoms with Crippen LogP contribution in [0.25, 0.3) is 11.0 Å². The van der Waals surface area contributed by atoms with Crippen molar-refractivity contribution in [3.05, 3.63) is 89.4 Å². The number of fused-ring (bicyclic) bond motifs is 2. The van der Waals surface area contributed by atoms with Crippen LogP contribution >= 0.6 is 0 Å².